The van der Waals surface area contributed by atoms with Gasteiger partial charge in [0.05, 0.1) is 6.04 Å². The van der Waals surface area contributed by atoms with Crippen molar-refractivity contribution in [2.75, 3.05) is 7.05 Å². The molecule has 2 aromatic heterocycles. The van der Waals surface area contributed by atoms with Crippen LogP contribution >= 0.6 is 22.7 Å². The molecule has 4 heteroatoms. The number of rotatable bonds is 3. The first-order valence-electron chi connectivity index (χ1n) is 4.43. The van der Waals surface area contributed by atoms with Gasteiger partial charge in [-0.2, -0.15) is 0 Å². The molecule has 0 aliphatic carbocycles. The summed E-state index contributed by atoms with van der Waals surface area (Å²) >= 11 is 3.47. The van der Waals surface area contributed by atoms with E-state index in [0.29, 0.717) is 0 Å². The van der Waals surface area contributed by atoms with Gasteiger partial charge in [-0.25, -0.2) is 4.98 Å². The molecule has 2 rings (SSSR count). The highest BCUT2D eigenvalue weighted by molar-refractivity contribution is 7.10. The van der Waals surface area contributed by atoms with Crippen molar-refractivity contribution in [1.82, 2.24) is 10.3 Å². The van der Waals surface area contributed by atoms with E-state index in [1.165, 1.54) is 10.4 Å². The molecule has 0 amide bonds. The smallest absolute Gasteiger partial charge is 0.114 e. The first-order chi connectivity index (χ1) is 6.81. The quantitative estimate of drug-likeness (QED) is 0.867. The molecule has 0 aromatic carbocycles. The predicted molar refractivity (Wildman–Crippen MR) is 62.1 cm³/mol. The van der Waals surface area contributed by atoms with Gasteiger partial charge in [0.25, 0.3) is 0 Å². The standard InChI is InChI=1S/C10H12N2S2/c1-7-5-8(6-14-7)9(11-2)10-12-3-4-13-10/h3-6,9,11H,1-2H3. The molecule has 1 N–H and O–H groups in total. The minimum atomic E-state index is 0.250. The normalized spacial score (nSPS) is 13.0. The molecule has 14 heavy (non-hydrogen) atoms. The topological polar surface area (TPSA) is 24.9 Å². The fraction of sp³-hybridized carbons (Fsp3) is 0.300. The maximum absolute atomic E-state index is 4.33. The van der Waals surface area contributed by atoms with E-state index >= 15 is 0 Å². The first kappa shape index (κ1) is 9.83. The van der Waals surface area contributed by atoms with Crippen LogP contribution in [0.2, 0.25) is 0 Å². The number of thiophene rings is 1. The number of aryl methyl sites for hydroxylation is 1. The number of nitrogens with one attached hydrogen (secondary N) is 1. The molecule has 0 radical (unpaired) electrons. The molecule has 74 valence electrons. The Morgan fingerprint density at radius 1 is 1.43 bits per heavy atom. The molecule has 0 saturated heterocycles. The number of thiazole rings is 1. The van der Waals surface area contributed by atoms with Crippen LogP contribution in [0.1, 0.15) is 21.5 Å². The SMILES string of the molecule is CNC(c1csc(C)c1)c1nccs1. The predicted octanol–water partition coefficient (Wildman–Crippen LogP) is 2.82. The van der Waals surface area contributed by atoms with Crippen LogP contribution in [0, 0.1) is 6.92 Å². The summed E-state index contributed by atoms with van der Waals surface area (Å²) in [6.45, 7) is 2.13. The molecule has 0 bridgehead atoms. The summed E-state index contributed by atoms with van der Waals surface area (Å²) in [4.78, 5) is 5.68. The summed E-state index contributed by atoms with van der Waals surface area (Å²) in [5.74, 6) is 0. The molecule has 0 spiro atoms. The van der Waals surface area contributed by atoms with Crippen LogP contribution in [-0.4, -0.2) is 12.0 Å². The lowest BCUT2D eigenvalue weighted by molar-refractivity contribution is 0.688. The van der Waals surface area contributed by atoms with Gasteiger partial charge < -0.3 is 5.32 Å². The Labute approximate surface area is 91.6 Å². The van der Waals surface area contributed by atoms with E-state index in [2.05, 4.69) is 28.7 Å². The molecule has 0 aliphatic rings. The number of nitrogens with zero attached hydrogens (tertiary/aromatic N) is 1. The highest BCUT2D eigenvalue weighted by atomic mass is 32.1. The van der Waals surface area contributed by atoms with Gasteiger partial charge in [0.15, 0.2) is 0 Å². The zero-order valence-corrected chi connectivity index (χ0v) is 9.78. The largest absolute Gasteiger partial charge is 0.307 e. The van der Waals surface area contributed by atoms with Gasteiger partial charge in [0.2, 0.25) is 0 Å². The monoisotopic (exact) mass is 224 g/mol. The van der Waals surface area contributed by atoms with Crippen molar-refractivity contribution in [2.45, 2.75) is 13.0 Å². The second-order valence-corrected chi connectivity index (χ2v) is 5.12. The minimum absolute atomic E-state index is 0.250. The zero-order chi connectivity index (χ0) is 9.97. The van der Waals surface area contributed by atoms with Crippen LogP contribution in [0.4, 0.5) is 0 Å². The van der Waals surface area contributed by atoms with Gasteiger partial charge in [0, 0.05) is 16.5 Å². The lowest BCUT2D eigenvalue weighted by atomic mass is 10.1. The molecular formula is C10H12N2S2. The fourth-order valence-corrected chi connectivity index (χ4v) is 2.93. The average molecular weight is 224 g/mol. The van der Waals surface area contributed by atoms with Crippen molar-refractivity contribution in [1.29, 1.82) is 0 Å². The molecule has 0 aliphatic heterocycles. The lowest BCUT2D eigenvalue weighted by Gasteiger charge is -2.10. The second-order valence-electron chi connectivity index (χ2n) is 3.08. The van der Waals surface area contributed by atoms with Gasteiger partial charge in [-0.1, -0.05) is 0 Å². The molecule has 2 nitrogen and oxygen atoms in total. The molecule has 0 fully saturated rings. The summed E-state index contributed by atoms with van der Waals surface area (Å²) in [6.07, 6.45) is 1.85. The Morgan fingerprint density at radius 3 is 2.79 bits per heavy atom. The van der Waals surface area contributed by atoms with Gasteiger partial charge in [0.1, 0.15) is 5.01 Å². The molecule has 1 atom stereocenters. The van der Waals surface area contributed by atoms with Crippen molar-refractivity contribution < 1.29 is 0 Å². The lowest BCUT2D eigenvalue weighted by Crippen LogP contribution is -2.16. The molecule has 2 aromatic rings. The Kier molecular flexibility index (Phi) is 2.96. The Bertz CT molecular complexity index is 392. The highest BCUT2D eigenvalue weighted by Gasteiger charge is 2.14. The first-order valence-corrected chi connectivity index (χ1v) is 6.19. The summed E-state index contributed by atoms with van der Waals surface area (Å²) in [5, 5.41) is 8.62. The highest BCUT2D eigenvalue weighted by Crippen LogP contribution is 2.26. The molecular weight excluding hydrogens is 212 g/mol. The van der Waals surface area contributed by atoms with E-state index in [4.69, 9.17) is 0 Å². The number of hydrogen-bond donors (Lipinski definition) is 1. The zero-order valence-electron chi connectivity index (χ0n) is 8.15. The Balaban J connectivity index is 2.31. The molecule has 2 heterocycles. The third-order valence-corrected chi connectivity index (χ3v) is 3.79. The van der Waals surface area contributed by atoms with Crippen LogP contribution in [0.5, 0.6) is 0 Å². The van der Waals surface area contributed by atoms with Crippen LogP contribution in [-0.2, 0) is 0 Å². The summed E-state index contributed by atoms with van der Waals surface area (Å²) in [6, 6.07) is 2.47. The average Bonchev–Trinajstić information content (AvgIpc) is 2.79. The van der Waals surface area contributed by atoms with E-state index in [-0.39, 0.29) is 6.04 Å². The van der Waals surface area contributed by atoms with E-state index in [0.717, 1.165) is 5.01 Å². The van der Waals surface area contributed by atoms with Crippen LogP contribution in [0.25, 0.3) is 0 Å². The van der Waals surface area contributed by atoms with E-state index in [9.17, 15) is 0 Å². The second kappa shape index (κ2) is 4.21. The van der Waals surface area contributed by atoms with Crippen molar-refractivity contribution in [3.63, 3.8) is 0 Å². The summed E-state index contributed by atoms with van der Waals surface area (Å²) in [7, 11) is 1.97. The molecule has 0 saturated carbocycles. The van der Waals surface area contributed by atoms with Crippen LogP contribution in [0.15, 0.2) is 23.0 Å². The molecule has 1 unspecified atom stereocenters. The van der Waals surface area contributed by atoms with E-state index in [1.54, 1.807) is 22.7 Å². The van der Waals surface area contributed by atoms with Gasteiger partial charge in [-0.05, 0) is 31.0 Å². The number of aromatic nitrogens is 1. The van der Waals surface area contributed by atoms with Crippen LogP contribution < -0.4 is 5.32 Å². The van der Waals surface area contributed by atoms with Gasteiger partial charge in [-0.3, -0.25) is 0 Å². The fourth-order valence-electron chi connectivity index (χ4n) is 1.42. The van der Waals surface area contributed by atoms with Crippen LogP contribution in [0.3, 0.4) is 0 Å². The van der Waals surface area contributed by atoms with Crippen molar-refractivity contribution in [3.05, 3.63) is 38.5 Å². The van der Waals surface area contributed by atoms with Crippen molar-refractivity contribution in [2.24, 2.45) is 0 Å². The van der Waals surface area contributed by atoms with Gasteiger partial charge >= 0.3 is 0 Å². The Hall–Kier alpha value is -0.710. The van der Waals surface area contributed by atoms with Crippen molar-refractivity contribution in [3.8, 4) is 0 Å². The third-order valence-electron chi connectivity index (χ3n) is 2.07. The number of hydrogen-bond acceptors (Lipinski definition) is 4. The van der Waals surface area contributed by atoms with E-state index in [1.807, 2.05) is 18.6 Å². The van der Waals surface area contributed by atoms with E-state index < -0.39 is 0 Å². The summed E-state index contributed by atoms with van der Waals surface area (Å²) < 4.78 is 0. The van der Waals surface area contributed by atoms with Gasteiger partial charge in [-0.15, -0.1) is 22.7 Å². The maximum atomic E-state index is 4.33. The Morgan fingerprint density at radius 2 is 2.29 bits per heavy atom. The van der Waals surface area contributed by atoms with Crippen molar-refractivity contribution >= 4 is 22.7 Å². The summed E-state index contributed by atoms with van der Waals surface area (Å²) in [5.41, 5.74) is 1.31. The minimum Gasteiger partial charge on any atom is -0.307 e. The maximum Gasteiger partial charge on any atom is 0.114 e. The third kappa shape index (κ3) is 1.87.